The molecule has 10 fully saturated rings. The molecule has 10 aliphatic heterocycles. The van der Waals surface area contributed by atoms with E-state index in [9.17, 15) is 157 Å². The number of nitrogens with one attached hydrogen (secondary N) is 5. The van der Waals surface area contributed by atoms with E-state index in [1.807, 2.05) is 0 Å². The first-order chi connectivity index (χ1) is 59.0. The Morgan fingerprint density at radius 3 is 0.960 bits per heavy atom. The molecule has 0 aromatic heterocycles. The van der Waals surface area contributed by atoms with Crippen LogP contribution in [0.15, 0.2) is 0 Å². The lowest BCUT2D eigenvalue weighted by atomic mass is 9.93. The zero-order chi connectivity index (χ0) is 92.1. The summed E-state index contributed by atoms with van der Waals surface area (Å²) in [6.07, 6.45) is -92.2. The van der Waals surface area contributed by atoms with Crippen LogP contribution in [0.2, 0.25) is 0 Å². The zero-order valence-electron chi connectivity index (χ0n) is 67.7. The summed E-state index contributed by atoms with van der Waals surface area (Å²) in [6.45, 7) is -3.49. The second-order valence-electron chi connectivity index (χ2n) is 31.8. The molecule has 5 amide bonds. The maximum atomic E-state index is 13.3. The molecule has 0 aromatic rings. The largest absolute Gasteiger partial charge is 0.394 e. The number of aliphatic hydroxyl groups excluding tert-OH is 26. The minimum Gasteiger partial charge on any atom is -0.394 e. The molecule has 0 bridgehead atoms. The molecule has 10 rings (SSSR count). The van der Waals surface area contributed by atoms with E-state index in [2.05, 4.69) is 26.6 Å². The number of amides is 5. The molecular formula is C70H117N5O50. The Balaban J connectivity index is 0.976. The fraction of sp³-hybridized carbons (Fsp3) is 0.929. The van der Waals surface area contributed by atoms with Gasteiger partial charge in [0.25, 0.3) is 0 Å². The maximum Gasteiger partial charge on any atom is 0.217 e. The zero-order valence-corrected chi connectivity index (χ0v) is 67.7. The van der Waals surface area contributed by atoms with Crippen LogP contribution in [-0.2, 0) is 114 Å². The third-order valence-electron chi connectivity index (χ3n) is 22.8. The van der Waals surface area contributed by atoms with E-state index < -0.39 is 396 Å². The Morgan fingerprint density at radius 1 is 0.224 bits per heavy atom. The monoisotopic (exact) mass is 1830 g/mol. The number of hydrogen-bond donors (Lipinski definition) is 31. The van der Waals surface area contributed by atoms with Gasteiger partial charge in [-0.25, -0.2) is 0 Å². The summed E-state index contributed by atoms with van der Waals surface area (Å²) in [4.78, 5) is 63.6. The van der Waals surface area contributed by atoms with Gasteiger partial charge in [-0.3, -0.25) is 24.0 Å². The van der Waals surface area contributed by atoms with Crippen molar-refractivity contribution in [2.24, 2.45) is 0 Å². The molecule has 0 saturated carbocycles. The van der Waals surface area contributed by atoms with Crippen LogP contribution in [0.5, 0.6) is 0 Å². The van der Waals surface area contributed by atoms with E-state index in [-0.39, 0.29) is 0 Å². The number of carbonyl (C=O) groups is 5. The first-order valence-corrected chi connectivity index (χ1v) is 40.0. The number of carbonyl (C=O) groups excluding carboxylic acids is 5. The van der Waals surface area contributed by atoms with E-state index in [1.165, 1.54) is 6.92 Å². The summed E-state index contributed by atoms with van der Waals surface area (Å²) >= 11 is 0. The fourth-order valence-corrected chi connectivity index (χ4v) is 16.1. The number of rotatable bonds is 32. The summed E-state index contributed by atoms with van der Waals surface area (Å²) in [7, 11) is 0. The molecule has 10 aliphatic rings. The summed E-state index contributed by atoms with van der Waals surface area (Å²) < 4.78 is 113. The van der Waals surface area contributed by atoms with E-state index in [0.29, 0.717) is 0 Å². The van der Waals surface area contributed by atoms with Gasteiger partial charge in [0.05, 0.1) is 65.6 Å². The first kappa shape index (κ1) is 103. The summed E-state index contributed by atoms with van der Waals surface area (Å²) in [5, 5.41) is 303. The summed E-state index contributed by atoms with van der Waals surface area (Å²) in [5.74, 6) is -4.46. The van der Waals surface area contributed by atoms with Crippen molar-refractivity contribution in [2.45, 2.75) is 348 Å². The number of aliphatic hydroxyl groups is 26. The van der Waals surface area contributed by atoms with Crippen LogP contribution in [0.1, 0.15) is 41.5 Å². The molecule has 31 N–H and O–H groups in total. The average molecular weight is 1830 g/mol. The third kappa shape index (κ3) is 23.3. The second kappa shape index (κ2) is 44.9. The normalized spacial score (nSPS) is 48.7. The summed E-state index contributed by atoms with van der Waals surface area (Å²) in [5.41, 5.74) is 0. The lowest BCUT2D eigenvalue weighted by Crippen LogP contribution is -2.71. The lowest BCUT2D eigenvalue weighted by molar-refractivity contribution is -0.393. The van der Waals surface area contributed by atoms with Crippen LogP contribution in [0.4, 0.5) is 0 Å². The Kier molecular flexibility index (Phi) is 36.8. The van der Waals surface area contributed by atoms with Crippen molar-refractivity contribution in [3.05, 3.63) is 0 Å². The lowest BCUT2D eigenvalue weighted by Gasteiger charge is -2.51. The quantitative estimate of drug-likeness (QED) is 0.0297. The Hall–Kier alpha value is -4.45. The van der Waals surface area contributed by atoms with Gasteiger partial charge in [-0.1, -0.05) is 0 Å². The topological polar surface area (TPSA) is 847 Å². The number of hydrogen-bond acceptors (Lipinski definition) is 50. The van der Waals surface area contributed by atoms with Gasteiger partial charge in [-0.15, -0.1) is 0 Å². The Bertz CT molecular complexity index is 3420. The molecule has 50 atom stereocenters. The second-order valence-corrected chi connectivity index (χ2v) is 31.8. The molecule has 0 spiro atoms. The third-order valence-corrected chi connectivity index (χ3v) is 22.8. The Morgan fingerprint density at radius 2 is 0.496 bits per heavy atom. The standard InChI is InChI=1S/C70H117N5O50/c1-16-36(87)47(98)51(102)66(110-16)108-15-30-58(44(95)31(61(106)111-30)71-17(2)82)121-65-35(75-21(6)86)46(97)56(26(11-80)116-65)123-69-54(105)59(124-68-53(104)50(101)57(27(12-81)117-68)120-64-34(74-20(5)85)45(96)55(25(10-79)115-64)122-67-52(103)48(99)39(90)24(9-78)114-67)41(92)29(118-69)14-109-70-60(125-63-33(73-19(4)84)43(94)38(89)23(8-77)113-63)49(100)40(91)28(119-70)13-107-62-32(72-18(3)83)42(93)37(88)22(7-76)112-62/h16,22-70,76-81,87-106H,7-15H2,1-6H3,(H,71,82)(H,72,83)(H,73,84)(H,74,85)(H,75,86)/t16-,22+,23+,24+,25+,26+,27+,28+,29+,30+,31+,32+,33+,34+,35+,36+,37+,38+,39-,40+,41+,42+,43+,44+,45+,46+,47+,48-,49-,50+,51-,52+,53-,54-,55+,56+,57+,58+,59-,60-,61+,62+,63-,64-,65-,66+,67-,68+,69-,70-/m0/s1. The SMILES string of the molecule is CC(=O)N[C@@H]1[C@@H](O)[C@H](O[C@@H]2O[C@H](CO)[C@@H](O[C@@H]3O[C@H](CO[C@H]4O[C@H](CO[C@@H]5O[C@H](CO)[C@@H](O)[C@H](O)[C@H]5NC(C)=O)[C@@H](O)[C@H](O)[C@@H]4O[C@@H]4O[C@H](CO)[C@@H](O)[C@H](O)[C@H]4NC(C)=O)[C@@H](O)[C@H](O[C@H]4O[C@H](CO)[C@@H](O[C@@H]5O[C@H](CO)[C@@H](O[C@@H]6O[C@H](CO)[C@H](O)[C@H](O)[C@H]6O)[C@H](O)[C@H]5NC(C)=O)[C@H](O)[C@@H]4O)[C@@H]3O)[C@H](O)[C@H]2NC(C)=O)[C@@H](CO[C@@H]2O[C@@H](C)[C@@H](O)[C@@H](O)[C@@H]2O)O[C@H]1O. The highest BCUT2D eigenvalue weighted by molar-refractivity contribution is 5.75. The maximum absolute atomic E-state index is 13.3. The van der Waals surface area contributed by atoms with E-state index in [0.717, 1.165) is 34.6 Å². The van der Waals surface area contributed by atoms with Gasteiger partial charge >= 0.3 is 0 Å². The van der Waals surface area contributed by atoms with Gasteiger partial charge in [0.2, 0.25) is 29.5 Å². The van der Waals surface area contributed by atoms with Crippen molar-refractivity contribution in [1.29, 1.82) is 0 Å². The van der Waals surface area contributed by atoms with E-state index in [4.69, 9.17) is 90.0 Å². The molecular weight excluding hydrogens is 1710 g/mol. The fourth-order valence-electron chi connectivity index (χ4n) is 16.1. The minimum absolute atomic E-state index is 0.809. The highest BCUT2D eigenvalue weighted by Gasteiger charge is 2.61. The van der Waals surface area contributed by atoms with Crippen molar-refractivity contribution in [3.8, 4) is 0 Å². The molecule has 0 aliphatic carbocycles. The minimum atomic E-state index is -2.60. The van der Waals surface area contributed by atoms with Crippen LogP contribution in [0.3, 0.4) is 0 Å². The molecule has 10 heterocycles. The molecule has 125 heavy (non-hydrogen) atoms. The van der Waals surface area contributed by atoms with Crippen LogP contribution in [0, 0.1) is 0 Å². The molecule has 10 saturated heterocycles. The predicted octanol–water partition coefficient (Wildman–Crippen LogP) is -21.1. The van der Waals surface area contributed by atoms with Crippen LogP contribution in [0.25, 0.3) is 0 Å². The van der Waals surface area contributed by atoms with Crippen LogP contribution < -0.4 is 26.6 Å². The van der Waals surface area contributed by atoms with Crippen molar-refractivity contribution in [2.75, 3.05) is 59.5 Å². The van der Waals surface area contributed by atoms with Crippen molar-refractivity contribution >= 4 is 29.5 Å². The smallest absolute Gasteiger partial charge is 0.217 e. The molecule has 55 nitrogen and oxygen atoms in total. The van der Waals surface area contributed by atoms with Crippen molar-refractivity contribution in [1.82, 2.24) is 26.6 Å². The highest BCUT2D eigenvalue weighted by atomic mass is 16.8. The predicted molar refractivity (Wildman–Crippen MR) is 386 cm³/mol. The number of ether oxygens (including phenoxy) is 19. The molecule has 0 radical (unpaired) electrons. The molecule has 722 valence electrons. The summed E-state index contributed by atoms with van der Waals surface area (Å²) in [6, 6.07) is -9.11. The van der Waals surface area contributed by atoms with Crippen LogP contribution >= 0.6 is 0 Å². The van der Waals surface area contributed by atoms with Crippen molar-refractivity contribution in [3.63, 3.8) is 0 Å². The molecule has 55 heteroatoms. The van der Waals surface area contributed by atoms with Gasteiger partial charge in [-0.2, -0.15) is 0 Å². The Labute approximate surface area is 708 Å². The van der Waals surface area contributed by atoms with E-state index >= 15 is 0 Å². The molecule has 0 aromatic carbocycles. The van der Waals surface area contributed by atoms with Gasteiger partial charge in [0.15, 0.2) is 62.9 Å². The first-order valence-electron chi connectivity index (χ1n) is 40.0. The van der Waals surface area contributed by atoms with Gasteiger partial charge in [0.1, 0.15) is 238 Å². The van der Waals surface area contributed by atoms with Crippen LogP contribution in [-0.4, -0.2) is 529 Å². The van der Waals surface area contributed by atoms with Gasteiger partial charge in [0, 0.05) is 34.6 Å². The highest BCUT2D eigenvalue weighted by Crippen LogP contribution is 2.40. The molecule has 0 unspecified atom stereocenters. The van der Waals surface area contributed by atoms with Crippen molar-refractivity contribution < 1.29 is 247 Å². The van der Waals surface area contributed by atoms with Gasteiger partial charge < -0.3 is 249 Å². The average Bonchev–Trinajstić information content (AvgIpc) is 0.767. The van der Waals surface area contributed by atoms with Gasteiger partial charge in [-0.05, 0) is 6.92 Å². The van der Waals surface area contributed by atoms with E-state index in [1.54, 1.807) is 0 Å².